The van der Waals surface area contributed by atoms with Gasteiger partial charge in [0.25, 0.3) is 0 Å². The Balaban J connectivity index is 1.78. The molecular weight excluding hydrogens is 328 g/mol. The van der Waals surface area contributed by atoms with Crippen molar-refractivity contribution in [3.8, 4) is 0 Å². The minimum atomic E-state index is -0.325. The van der Waals surface area contributed by atoms with Crippen LogP contribution in [-0.2, 0) is 9.53 Å². The molecule has 2 amide bonds. The van der Waals surface area contributed by atoms with Crippen LogP contribution >= 0.6 is 11.6 Å². The predicted octanol–water partition coefficient (Wildman–Crippen LogP) is 3.24. The molecule has 6 heteroatoms. The number of carbonyl (C=O) groups is 2. The molecule has 0 bridgehead atoms. The van der Waals surface area contributed by atoms with Gasteiger partial charge in [-0.25, -0.2) is 4.79 Å². The maximum atomic E-state index is 12.6. The van der Waals surface area contributed by atoms with Crippen LogP contribution in [0.5, 0.6) is 0 Å². The fourth-order valence-electron chi connectivity index (χ4n) is 3.67. The number of amides is 2. The fourth-order valence-corrected chi connectivity index (χ4v) is 3.78. The second kappa shape index (κ2) is 7.43. The smallest absolute Gasteiger partial charge is 0.410 e. The zero-order valence-corrected chi connectivity index (χ0v) is 14.4. The molecule has 24 heavy (non-hydrogen) atoms. The summed E-state index contributed by atoms with van der Waals surface area (Å²) in [6, 6.07) is 9.98. The zero-order valence-electron chi connectivity index (χ0n) is 13.7. The number of alkyl halides is 1. The van der Waals surface area contributed by atoms with Gasteiger partial charge in [0.1, 0.15) is 0 Å². The molecule has 0 aliphatic carbocycles. The van der Waals surface area contributed by atoms with Crippen molar-refractivity contribution in [2.24, 2.45) is 0 Å². The summed E-state index contributed by atoms with van der Waals surface area (Å²) in [6.45, 7) is 0.817. The van der Waals surface area contributed by atoms with E-state index in [1.54, 1.807) is 4.90 Å². The number of halogens is 1. The Morgan fingerprint density at radius 2 is 2.12 bits per heavy atom. The van der Waals surface area contributed by atoms with E-state index in [2.05, 4.69) is 5.32 Å². The van der Waals surface area contributed by atoms with Gasteiger partial charge in [-0.15, -0.1) is 11.6 Å². The summed E-state index contributed by atoms with van der Waals surface area (Å²) in [5.74, 6) is 0.540. The first-order chi connectivity index (χ1) is 11.6. The molecule has 2 saturated heterocycles. The van der Waals surface area contributed by atoms with E-state index in [1.807, 2.05) is 30.3 Å². The second-order valence-corrected chi connectivity index (χ2v) is 6.96. The molecule has 2 heterocycles. The number of hydrogen-bond acceptors (Lipinski definition) is 3. The Morgan fingerprint density at radius 1 is 1.33 bits per heavy atom. The van der Waals surface area contributed by atoms with Gasteiger partial charge in [-0.2, -0.15) is 0 Å². The van der Waals surface area contributed by atoms with E-state index in [1.165, 1.54) is 0 Å². The monoisotopic (exact) mass is 350 g/mol. The maximum absolute atomic E-state index is 12.6. The molecule has 0 radical (unpaired) electrons. The normalized spacial score (nSPS) is 26.5. The van der Waals surface area contributed by atoms with Crippen LogP contribution < -0.4 is 5.32 Å². The predicted molar refractivity (Wildman–Crippen MR) is 91.9 cm³/mol. The SMILES string of the molecule is O=C1CCC2(CCC(c3ccccc3)N(C(=O)OCCCCl)C2)N1. The Morgan fingerprint density at radius 3 is 2.79 bits per heavy atom. The molecule has 2 aliphatic heterocycles. The largest absolute Gasteiger partial charge is 0.449 e. The molecule has 0 aromatic heterocycles. The van der Waals surface area contributed by atoms with Crippen LogP contribution in [0.15, 0.2) is 30.3 Å². The number of rotatable bonds is 4. The molecule has 2 unspecified atom stereocenters. The lowest BCUT2D eigenvalue weighted by Crippen LogP contribution is -2.57. The molecule has 0 saturated carbocycles. The number of nitrogens with zero attached hydrogens (tertiary/aromatic N) is 1. The highest BCUT2D eigenvalue weighted by molar-refractivity contribution is 6.17. The first-order valence-corrected chi connectivity index (χ1v) is 9.02. The summed E-state index contributed by atoms with van der Waals surface area (Å²) in [7, 11) is 0. The molecule has 2 atom stereocenters. The molecule has 1 spiro atoms. The van der Waals surface area contributed by atoms with Crippen LogP contribution in [0.4, 0.5) is 4.79 Å². The third-order valence-corrected chi connectivity index (χ3v) is 5.17. The summed E-state index contributed by atoms with van der Waals surface area (Å²) in [6.07, 6.45) is 3.32. The number of carbonyl (C=O) groups excluding carboxylic acids is 2. The van der Waals surface area contributed by atoms with Gasteiger partial charge in [0, 0.05) is 18.8 Å². The van der Waals surface area contributed by atoms with Crippen molar-refractivity contribution >= 4 is 23.6 Å². The van der Waals surface area contributed by atoms with Gasteiger partial charge in [-0.05, 0) is 31.2 Å². The Hall–Kier alpha value is -1.75. The number of nitrogens with one attached hydrogen (secondary N) is 1. The lowest BCUT2D eigenvalue weighted by Gasteiger charge is -2.44. The molecule has 2 aliphatic rings. The molecule has 2 fully saturated rings. The second-order valence-electron chi connectivity index (χ2n) is 6.58. The van der Waals surface area contributed by atoms with Crippen molar-refractivity contribution in [2.75, 3.05) is 19.0 Å². The van der Waals surface area contributed by atoms with Gasteiger partial charge < -0.3 is 10.1 Å². The Kier molecular flexibility index (Phi) is 5.29. The maximum Gasteiger partial charge on any atom is 0.410 e. The number of likely N-dealkylation sites (tertiary alicyclic amines) is 1. The Bertz CT molecular complexity index is 595. The van der Waals surface area contributed by atoms with Gasteiger partial charge in [0.15, 0.2) is 0 Å². The topological polar surface area (TPSA) is 58.6 Å². The standard InChI is InChI=1S/C18H23ClN2O3/c19-11-4-12-24-17(23)21-13-18(10-8-16(22)20-18)9-7-15(21)14-5-2-1-3-6-14/h1-3,5-6,15H,4,7-13H2,(H,20,22). The molecule has 1 aromatic carbocycles. The van der Waals surface area contributed by atoms with Gasteiger partial charge in [-0.3, -0.25) is 9.69 Å². The van der Waals surface area contributed by atoms with Gasteiger partial charge in [0.2, 0.25) is 5.91 Å². The van der Waals surface area contributed by atoms with E-state index in [-0.39, 0.29) is 23.6 Å². The van der Waals surface area contributed by atoms with E-state index in [9.17, 15) is 9.59 Å². The fraction of sp³-hybridized carbons (Fsp3) is 0.556. The van der Waals surface area contributed by atoms with Crippen LogP contribution in [0, 0.1) is 0 Å². The molecule has 5 nitrogen and oxygen atoms in total. The molecule has 1 aromatic rings. The number of piperidine rings is 1. The van der Waals surface area contributed by atoms with Crippen molar-refractivity contribution in [3.63, 3.8) is 0 Å². The van der Waals surface area contributed by atoms with Crippen LogP contribution in [-0.4, -0.2) is 41.5 Å². The van der Waals surface area contributed by atoms with Crippen molar-refractivity contribution < 1.29 is 14.3 Å². The van der Waals surface area contributed by atoms with Crippen molar-refractivity contribution in [1.82, 2.24) is 10.2 Å². The van der Waals surface area contributed by atoms with E-state index in [0.717, 1.165) is 24.8 Å². The van der Waals surface area contributed by atoms with Crippen molar-refractivity contribution in [3.05, 3.63) is 35.9 Å². The van der Waals surface area contributed by atoms with E-state index < -0.39 is 0 Å². The minimum absolute atomic E-state index is 0.0159. The quantitative estimate of drug-likeness (QED) is 0.670. The van der Waals surface area contributed by atoms with Crippen LogP contribution in [0.1, 0.15) is 43.7 Å². The van der Waals surface area contributed by atoms with Gasteiger partial charge in [-0.1, -0.05) is 30.3 Å². The lowest BCUT2D eigenvalue weighted by molar-refractivity contribution is -0.120. The summed E-state index contributed by atoms with van der Waals surface area (Å²) < 4.78 is 5.39. The zero-order chi connectivity index (χ0) is 17.0. The van der Waals surface area contributed by atoms with E-state index in [4.69, 9.17) is 16.3 Å². The summed E-state index contributed by atoms with van der Waals surface area (Å²) >= 11 is 5.66. The molecular formula is C18H23ClN2O3. The Labute approximate surface area is 147 Å². The average molecular weight is 351 g/mol. The van der Waals surface area contributed by atoms with Crippen molar-refractivity contribution in [1.29, 1.82) is 0 Å². The molecule has 130 valence electrons. The molecule has 1 N–H and O–H groups in total. The van der Waals surface area contributed by atoms with E-state index in [0.29, 0.717) is 31.9 Å². The summed E-state index contributed by atoms with van der Waals surface area (Å²) in [4.78, 5) is 26.1. The van der Waals surface area contributed by atoms with Crippen molar-refractivity contribution in [2.45, 2.75) is 43.7 Å². The summed E-state index contributed by atoms with van der Waals surface area (Å²) in [5.41, 5.74) is 0.805. The highest BCUT2D eigenvalue weighted by atomic mass is 35.5. The van der Waals surface area contributed by atoms with Crippen LogP contribution in [0.3, 0.4) is 0 Å². The lowest BCUT2D eigenvalue weighted by atomic mass is 9.82. The number of ether oxygens (including phenoxy) is 1. The third-order valence-electron chi connectivity index (χ3n) is 4.90. The highest BCUT2D eigenvalue weighted by Gasteiger charge is 2.46. The van der Waals surface area contributed by atoms with Gasteiger partial charge in [0.05, 0.1) is 18.2 Å². The first-order valence-electron chi connectivity index (χ1n) is 8.49. The van der Waals surface area contributed by atoms with Crippen LogP contribution in [0.2, 0.25) is 0 Å². The van der Waals surface area contributed by atoms with Crippen LogP contribution in [0.25, 0.3) is 0 Å². The first kappa shape index (κ1) is 17.1. The average Bonchev–Trinajstić information content (AvgIpc) is 2.96. The summed E-state index contributed by atoms with van der Waals surface area (Å²) in [5, 5.41) is 3.08. The third kappa shape index (κ3) is 3.66. The number of benzene rings is 1. The minimum Gasteiger partial charge on any atom is -0.449 e. The molecule has 3 rings (SSSR count). The van der Waals surface area contributed by atoms with E-state index >= 15 is 0 Å². The highest BCUT2D eigenvalue weighted by Crippen LogP contribution is 2.39. The number of hydrogen-bond donors (Lipinski definition) is 1. The van der Waals surface area contributed by atoms with Gasteiger partial charge >= 0.3 is 6.09 Å².